The Morgan fingerprint density at radius 3 is 2.65 bits per heavy atom. The SMILES string of the molecule is CCC(=O)OC1(c2ccccc2)CCN(OC)CC1C. The number of esters is 1. The number of hydrogen-bond acceptors (Lipinski definition) is 4. The third kappa shape index (κ3) is 2.86. The van der Waals surface area contributed by atoms with Gasteiger partial charge in [-0.15, -0.1) is 0 Å². The van der Waals surface area contributed by atoms with Crippen molar-refractivity contribution in [2.24, 2.45) is 5.92 Å². The van der Waals surface area contributed by atoms with Crippen LogP contribution in [0.5, 0.6) is 0 Å². The molecular formula is C16H23NO3. The molecule has 1 aromatic carbocycles. The zero-order valence-electron chi connectivity index (χ0n) is 12.5. The van der Waals surface area contributed by atoms with E-state index >= 15 is 0 Å². The quantitative estimate of drug-likeness (QED) is 0.793. The van der Waals surface area contributed by atoms with Crippen LogP contribution in [-0.4, -0.2) is 31.2 Å². The Bertz CT molecular complexity index is 448. The van der Waals surface area contributed by atoms with Crippen LogP contribution in [0.1, 0.15) is 32.3 Å². The van der Waals surface area contributed by atoms with E-state index in [0.717, 1.165) is 25.1 Å². The average molecular weight is 277 g/mol. The van der Waals surface area contributed by atoms with Gasteiger partial charge in [0.2, 0.25) is 0 Å². The third-order valence-corrected chi connectivity index (χ3v) is 4.11. The van der Waals surface area contributed by atoms with E-state index < -0.39 is 5.60 Å². The highest BCUT2D eigenvalue weighted by Crippen LogP contribution is 2.41. The molecule has 4 heteroatoms. The number of benzene rings is 1. The largest absolute Gasteiger partial charge is 0.454 e. The second-order valence-electron chi connectivity index (χ2n) is 5.30. The monoisotopic (exact) mass is 277 g/mol. The fraction of sp³-hybridized carbons (Fsp3) is 0.562. The summed E-state index contributed by atoms with van der Waals surface area (Å²) in [6.07, 6.45) is 1.15. The van der Waals surface area contributed by atoms with Gasteiger partial charge in [-0.1, -0.05) is 44.2 Å². The van der Waals surface area contributed by atoms with Crippen LogP contribution in [0.3, 0.4) is 0 Å². The Hall–Kier alpha value is -1.39. The molecule has 2 rings (SSSR count). The van der Waals surface area contributed by atoms with Crippen LogP contribution < -0.4 is 0 Å². The summed E-state index contributed by atoms with van der Waals surface area (Å²) in [6.45, 7) is 5.45. The molecule has 2 unspecified atom stereocenters. The normalized spacial score (nSPS) is 27.2. The van der Waals surface area contributed by atoms with Gasteiger partial charge in [0.15, 0.2) is 0 Å². The molecule has 1 heterocycles. The van der Waals surface area contributed by atoms with Crippen molar-refractivity contribution in [1.29, 1.82) is 0 Å². The molecule has 20 heavy (non-hydrogen) atoms. The second kappa shape index (κ2) is 6.37. The maximum absolute atomic E-state index is 11.9. The van der Waals surface area contributed by atoms with E-state index in [9.17, 15) is 4.79 Å². The molecule has 0 amide bonds. The molecule has 2 atom stereocenters. The summed E-state index contributed by atoms with van der Waals surface area (Å²) in [6, 6.07) is 10.1. The first kappa shape index (κ1) is 15.0. The summed E-state index contributed by atoms with van der Waals surface area (Å²) in [5.41, 5.74) is 0.536. The van der Waals surface area contributed by atoms with Crippen molar-refractivity contribution in [3.63, 3.8) is 0 Å². The van der Waals surface area contributed by atoms with Gasteiger partial charge in [-0.05, 0) is 5.56 Å². The van der Waals surface area contributed by atoms with E-state index in [-0.39, 0.29) is 11.9 Å². The fourth-order valence-corrected chi connectivity index (χ4v) is 2.88. The lowest BCUT2D eigenvalue weighted by molar-refractivity contribution is -0.212. The molecule has 1 aliphatic heterocycles. The van der Waals surface area contributed by atoms with Gasteiger partial charge in [0.25, 0.3) is 0 Å². The van der Waals surface area contributed by atoms with E-state index in [0.29, 0.717) is 6.42 Å². The van der Waals surface area contributed by atoms with Crippen molar-refractivity contribution < 1.29 is 14.4 Å². The maximum atomic E-state index is 11.9. The van der Waals surface area contributed by atoms with E-state index in [1.54, 1.807) is 7.11 Å². The summed E-state index contributed by atoms with van der Waals surface area (Å²) < 4.78 is 5.90. The Morgan fingerprint density at radius 2 is 2.10 bits per heavy atom. The summed E-state index contributed by atoms with van der Waals surface area (Å²) in [7, 11) is 1.68. The van der Waals surface area contributed by atoms with E-state index in [1.807, 2.05) is 42.3 Å². The Labute approximate surface area is 120 Å². The van der Waals surface area contributed by atoms with E-state index in [2.05, 4.69) is 6.92 Å². The summed E-state index contributed by atoms with van der Waals surface area (Å²) in [5.74, 6) is 0.0284. The van der Waals surface area contributed by atoms with E-state index in [4.69, 9.17) is 9.57 Å². The minimum absolute atomic E-state index is 0.147. The summed E-state index contributed by atoms with van der Waals surface area (Å²) in [4.78, 5) is 17.2. The van der Waals surface area contributed by atoms with Crippen LogP contribution in [0.4, 0.5) is 0 Å². The smallest absolute Gasteiger partial charge is 0.306 e. The van der Waals surface area contributed by atoms with Crippen molar-refractivity contribution in [3.05, 3.63) is 35.9 Å². The van der Waals surface area contributed by atoms with Crippen molar-refractivity contribution in [1.82, 2.24) is 5.06 Å². The van der Waals surface area contributed by atoms with Crippen molar-refractivity contribution in [2.75, 3.05) is 20.2 Å². The van der Waals surface area contributed by atoms with E-state index in [1.165, 1.54) is 0 Å². The first-order chi connectivity index (χ1) is 9.62. The molecule has 1 aliphatic rings. The van der Waals surface area contributed by atoms with Gasteiger partial charge in [0, 0.05) is 31.8 Å². The maximum Gasteiger partial charge on any atom is 0.306 e. The van der Waals surface area contributed by atoms with Gasteiger partial charge < -0.3 is 9.57 Å². The van der Waals surface area contributed by atoms with Crippen molar-refractivity contribution in [2.45, 2.75) is 32.3 Å². The molecule has 0 N–H and O–H groups in total. The molecule has 0 aromatic heterocycles. The molecular weight excluding hydrogens is 254 g/mol. The Kier molecular flexibility index (Phi) is 4.78. The van der Waals surface area contributed by atoms with Crippen molar-refractivity contribution in [3.8, 4) is 0 Å². The number of carbonyl (C=O) groups excluding carboxylic acids is 1. The molecule has 1 aromatic rings. The highest BCUT2D eigenvalue weighted by atomic mass is 16.7. The molecule has 0 spiro atoms. The van der Waals surface area contributed by atoms with Crippen LogP contribution >= 0.6 is 0 Å². The number of nitrogens with zero attached hydrogens (tertiary/aromatic N) is 1. The van der Waals surface area contributed by atoms with Crippen LogP contribution in [0, 0.1) is 5.92 Å². The van der Waals surface area contributed by atoms with Gasteiger partial charge in [0.1, 0.15) is 5.60 Å². The molecule has 1 fully saturated rings. The Balaban J connectivity index is 2.32. The molecule has 0 radical (unpaired) electrons. The highest BCUT2D eigenvalue weighted by molar-refractivity contribution is 5.69. The second-order valence-corrected chi connectivity index (χ2v) is 5.30. The predicted molar refractivity (Wildman–Crippen MR) is 76.9 cm³/mol. The van der Waals surface area contributed by atoms with Gasteiger partial charge in [0.05, 0.1) is 7.11 Å². The standard InChI is InChI=1S/C16H23NO3/c1-4-15(18)20-16(14-8-6-5-7-9-14)10-11-17(19-3)12-13(16)2/h5-9,13H,4,10-12H2,1-3H3. The zero-order valence-corrected chi connectivity index (χ0v) is 12.5. The third-order valence-electron chi connectivity index (χ3n) is 4.11. The Morgan fingerprint density at radius 1 is 1.40 bits per heavy atom. The lowest BCUT2D eigenvalue weighted by Gasteiger charge is -2.45. The molecule has 0 aliphatic carbocycles. The minimum Gasteiger partial charge on any atom is -0.454 e. The number of piperidine rings is 1. The molecule has 0 bridgehead atoms. The fourth-order valence-electron chi connectivity index (χ4n) is 2.88. The predicted octanol–water partition coefficient (Wildman–Crippen LogP) is 2.74. The molecule has 4 nitrogen and oxygen atoms in total. The first-order valence-corrected chi connectivity index (χ1v) is 7.18. The van der Waals surface area contributed by atoms with Gasteiger partial charge >= 0.3 is 5.97 Å². The number of ether oxygens (including phenoxy) is 1. The van der Waals surface area contributed by atoms with Crippen LogP contribution in [0.15, 0.2) is 30.3 Å². The molecule has 0 saturated carbocycles. The van der Waals surface area contributed by atoms with Crippen LogP contribution in [-0.2, 0) is 20.0 Å². The minimum atomic E-state index is -0.538. The highest BCUT2D eigenvalue weighted by Gasteiger charge is 2.45. The first-order valence-electron chi connectivity index (χ1n) is 7.18. The van der Waals surface area contributed by atoms with Crippen LogP contribution in [0.25, 0.3) is 0 Å². The number of rotatable bonds is 4. The van der Waals surface area contributed by atoms with Crippen molar-refractivity contribution >= 4 is 5.97 Å². The number of hydrogen-bond donors (Lipinski definition) is 0. The number of carbonyl (C=O) groups is 1. The topological polar surface area (TPSA) is 38.8 Å². The molecule has 1 saturated heterocycles. The van der Waals surface area contributed by atoms with Gasteiger partial charge in [-0.3, -0.25) is 4.79 Å². The lowest BCUT2D eigenvalue weighted by Crippen LogP contribution is -2.50. The van der Waals surface area contributed by atoms with Crippen LogP contribution in [0.2, 0.25) is 0 Å². The summed E-state index contributed by atoms with van der Waals surface area (Å²) in [5, 5.41) is 1.92. The van der Waals surface area contributed by atoms with Gasteiger partial charge in [-0.2, -0.15) is 5.06 Å². The molecule has 110 valence electrons. The lowest BCUT2D eigenvalue weighted by atomic mass is 9.77. The average Bonchev–Trinajstić information content (AvgIpc) is 2.50. The number of hydroxylamine groups is 2. The zero-order chi connectivity index (χ0) is 14.6. The van der Waals surface area contributed by atoms with Gasteiger partial charge in [-0.25, -0.2) is 0 Å². The summed E-state index contributed by atoms with van der Waals surface area (Å²) >= 11 is 0.